The summed E-state index contributed by atoms with van der Waals surface area (Å²) in [5.41, 5.74) is 1.76. The molecular weight excluding hydrogens is 510 g/mol. The lowest BCUT2D eigenvalue weighted by molar-refractivity contribution is -0.113. The summed E-state index contributed by atoms with van der Waals surface area (Å²) < 4.78 is 8.23. The van der Waals surface area contributed by atoms with Gasteiger partial charge in [-0.2, -0.15) is 5.26 Å². The molecule has 4 rings (SSSR count). The van der Waals surface area contributed by atoms with E-state index in [0.717, 1.165) is 44.2 Å². The van der Waals surface area contributed by atoms with Crippen LogP contribution in [0.3, 0.4) is 0 Å². The number of hydrogen-bond acceptors (Lipinski definition) is 7. The summed E-state index contributed by atoms with van der Waals surface area (Å²) in [4.78, 5) is 14.0. The number of thiophene rings is 1. The first kappa shape index (κ1) is 23.1. The van der Waals surface area contributed by atoms with Gasteiger partial charge in [-0.1, -0.05) is 32.0 Å². The molecule has 1 unspecified atom stereocenters. The fourth-order valence-corrected chi connectivity index (χ4v) is 6.34. The Morgan fingerprint density at radius 2 is 2.28 bits per heavy atom. The maximum atomic E-state index is 12.7. The van der Waals surface area contributed by atoms with E-state index in [4.69, 9.17) is 4.42 Å². The van der Waals surface area contributed by atoms with E-state index in [-0.39, 0.29) is 11.7 Å². The Kier molecular flexibility index (Phi) is 7.38. The maximum Gasteiger partial charge on any atom is 0.235 e. The predicted molar refractivity (Wildman–Crippen MR) is 130 cm³/mol. The lowest BCUT2D eigenvalue weighted by Gasteiger charge is -2.20. The summed E-state index contributed by atoms with van der Waals surface area (Å²) in [7, 11) is 0. The fourth-order valence-electron chi connectivity index (χ4n) is 3.94. The van der Waals surface area contributed by atoms with Crippen LogP contribution in [0.25, 0.3) is 11.6 Å². The Balaban J connectivity index is 1.46. The van der Waals surface area contributed by atoms with E-state index >= 15 is 0 Å². The molecule has 1 aliphatic carbocycles. The third-order valence-corrected chi connectivity index (χ3v) is 8.16. The quantitative estimate of drug-likeness (QED) is 0.362. The monoisotopic (exact) mass is 533 g/mol. The molecule has 32 heavy (non-hydrogen) atoms. The number of fused-ring (bicyclic) bond motifs is 1. The van der Waals surface area contributed by atoms with Crippen molar-refractivity contribution in [1.29, 1.82) is 5.26 Å². The fraction of sp³-hybridized carbons (Fsp3) is 0.455. The molecule has 1 aliphatic rings. The predicted octanol–water partition coefficient (Wildman–Crippen LogP) is 5.89. The average molecular weight is 535 g/mol. The molecule has 0 aliphatic heterocycles. The number of carbonyl (C=O) groups is 1. The summed E-state index contributed by atoms with van der Waals surface area (Å²) in [6.07, 6.45) is 5.08. The summed E-state index contributed by atoms with van der Waals surface area (Å²) >= 11 is 6.21. The number of furan rings is 1. The molecule has 0 aromatic carbocycles. The number of anilines is 1. The van der Waals surface area contributed by atoms with Gasteiger partial charge < -0.3 is 9.73 Å². The first-order valence-corrected chi connectivity index (χ1v) is 13.3. The van der Waals surface area contributed by atoms with E-state index in [0.29, 0.717) is 37.9 Å². The highest BCUT2D eigenvalue weighted by molar-refractivity contribution is 9.10. The molecule has 0 saturated heterocycles. The van der Waals surface area contributed by atoms with E-state index in [2.05, 4.69) is 51.4 Å². The Morgan fingerprint density at radius 1 is 1.44 bits per heavy atom. The van der Waals surface area contributed by atoms with Crippen LogP contribution in [-0.2, 0) is 24.2 Å². The summed E-state index contributed by atoms with van der Waals surface area (Å²) in [5, 5.41) is 22.5. The van der Waals surface area contributed by atoms with Crippen molar-refractivity contribution in [2.24, 2.45) is 5.92 Å². The summed E-state index contributed by atoms with van der Waals surface area (Å²) in [5.74, 6) is 1.98. The van der Waals surface area contributed by atoms with Gasteiger partial charge in [-0.25, -0.2) is 0 Å². The molecule has 3 aromatic heterocycles. The molecule has 0 radical (unpaired) electrons. The number of halogens is 1. The number of nitriles is 1. The minimum Gasteiger partial charge on any atom is -0.446 e. The Morgan fingerprint density at radius 3 is 2.97 bits per heavy atom. The second kappa shape index (κ2) is 10.2. The molecule has 0 saturated carbocycles. The molecule has 0 spiro atoms. The first-order chi connectivity index (χ1) is 15.5. The van der Waals surface area contributed by atoms with Crippen molar-refractivity contribution >= 4 is 49.9 Å². The van der Waals surface area contributed by atoms with Gasteiger partial charge in [0.15, 0.2) is 15.6 Å². The van der Waals surface area contributed by atoms with Crippen LogP contribution in [0.1, 0.15) is 49.1 Å². The zero-order valence-electron chi connectivity index (χ0n) is 18.0. The number of thioether (sulfide) groups is 1. The third kappa shape index (κ3) is 4.80. The summed E-state index contributed by atoms with van der Waals surface area (Å²) in [6, 6.07) is 5.97. The molecule has 0 fully saturated rings. The molecule has 1 atom stereocenters. The zero-order valence-corrected chi connectivity index (χ0v) is 21.2. The molecule has 168 valence electrons. The highest BCUT2D eigenvalue weighted by Crippen LogP contribution is 2.40. The van der Waals surface area contributed by atoms with E-state index in [9.17, 15) is 10.1 Å². The standard InChI is InChI=1S/C22H24BrN5O2S2/c1-3-9-28-20(16-7-8-18(23)30-16)26-27-22(28)31-12-19(29)25-21-15(11-24)14-6-5-13(4-2)10-17(14)32-21/h7-8,13H,3-6,9-10,12H2,1-2H3,(H,25,29). The molecule has 3 aromatic rings. The van der Waals surface area contributed by atoms with Crippen LogP contribution in [0.4, 0.5) is 5.00 Å². The molecule has 0 bridgehead atoms. The molecule has 3 heterocycles. The number of carbonyl (C=O) groups excluding carboxylic acids is 1. The van der Waals surface area contributed by atoms with E-state index in [1.54, 1.807) is 11.3 Å². The highest BCUT2D eigenvalue weighted by atomic mass is 79.9. The maximum absolute atomic E-state index is 12.7. The SMILES string of the molecule is CCCn1c(SCC(=O)Nc2sc3c(c2C#N)CCC(CC)C3)nnc1-c1ccc(Br)o1. The third-order valence-electron chi connectivity index (χ3n) is 5.60. The van der Waals surface area contributed by atoms with Gasteiger partial charge in [0.2, 0.25) is 11.7 Å². The van der Waals surface area contributed by atoms with E-state index < -0.39 is 0 Å². The van der Waals surface area contributed by atoms with Crippen LogP contribution in [0.2, 0.25) is 0 Å². The van der Waals surface area contributed by atoms with E-state index in [1.165, 1.54) is 16.6 Å². The average Bonchev–Trinajstić information content (AvgIpc) is 3.48. The van der Waals surface area contributed by atoms with Crippen LogP contribution in [0, 0.1) is 17.2 Å². The van der Waals surface area contributed by atoms with Gasteiger partial charge in [0.25, 0.3) is 0 Å². The Hall–Kier alpha value is -2.09. The Labute approximate surface area is 203 Å². The highest BCUT2D eigenvalue weighted by Gasteiger charge is 2.26. The summed E-state index contributed by atoms with van der Waals surface area (Å²) in [6.45, 7) is 5.01. The molecule has 1 N–H and O–H groups in total. The first-order valence-electron chi connectivity index (χ1n) is 10.7. The van der Waals surface area contributed by atoms with Crippen LogP contribution >= 0.6 is 39.0 Å². The van der Waals surface area contributed by atoms with Gasteiger partial charge in [-0.15, -0.1) is 21.5 Å². The van der Waals surface area contributed by atoms with Crippen molar-refractivity contribution in [3.63, 3.8) is 0 Å². The molecular formula is C22H24BrN5O2S2. The molecule has 10 heteroatoms. The van der Waals surface area contributed by atoms with Gasteiger partial charge in [0, 0.05) is 11.4 Å². The minimum atomic E-state index is -0.148. The van der Waals surface area contributed by atoms with Crippen LogP contribution in [-0.4, -0.2) is 26.4 Å². The van der Waals surface area contributed by atoms with Gasteiger partial charge in [-0.05, 0) is 65.2 Å². The molecule has 7 nitrogen and oxygen atoms in total. The van der Waals surface area contributed by atoms with Crippen molar-refractivity contribution in [2.75, 3.05) is 11.1 Å². The minimum absolute atomic E-state index is 0.148. The number of hydrogen-bond donors (Lipinski definition) is 1. The lowest BCUT2D eigenvalue weighted by atomic mass is 9.86. The number of aromatic nitrogens is 3. The lowest BCUT2D eigenvalue weighted by Crippen LogP contribution is -2.15. The van der Waals surface area contributed by atoms with E-state index in [1.807, 2.05) is 16.7 Å². The van der Waals surface area contributed by atoms with Crippen LogP contribution < -0.4 is 5.32 Å². The second-order valence-corrected chi connectivity index (χ2v) is 10.6. The second-order valence-electron chi connectivity index (χ2n) is 7.74. The Bertz CT molecular complexity index is 1160. The van der Waals surface area contributed by atoms with Crippen LogP contribution in [0.15, 0.2) is 26.4 Å². The van der Waals surface area contributed by atoms with Crippen molar-refractivity contribution in [2.45, 2.75) is 57.7 Å². The van der Waals surface area contributed by atoms with Gasteiger partial charge in [0.1, 0.15) is 11.1 Å². The zero-order chi connectivity index (χ0) is 22.7. The van der Waals surface area contributed by atoms with Gasteiger partial charge in [0.05, 0.1) is 11.3 Å². The van der Waals surface area contributed by atoms with Gasteiger partial charge in [-0.3, -0.25) is 9.36 Å². The van der Waals surface area contributed by atoms with Crippen LogP contribution in [0.5, 0.6) is 0 Å². The number of rotatable bonds is 8. The number of amides is 1. The molecule has 1 amide bonds. The number of nitrogens with one attached hydrogen (secondary N) is 1. The van der Waals surface area contributed by atoms with Crippen molar-refractivity contribution < 1.29 is 9.21 Å². The van der Waals surface area contributed by atoms with Gasteiger partial charge >= 0.3 is 0 Å². The largest absolute Gasteiger partial charge is 0.446 e. The van der Waals surface area contributed by atoms with Crippen molar-refractivity contribution in [1.82, 2.24) is 14.8 Å². The topological polar surface area (TPSA) is 96.7 Å². The van der Waals surface area contributed by atoms with Crippen molar-refractivity contribution in [3.05, 3.63) is 32.8 Å². The smallest absolute Gasteiger partial charge is 0.235 e. The van der Waals surface area contributed by atoms with Crippen molar-refractivity contribution in [3.8, 4) is 17.7 Å². The number of nitrogens with zero attached hydrogens (tertiary/aromatic N) is 4. The normalized spacial score (nSPS) is 15.4.